The number of hydrogen-bond acceptors (Lipinski definition) is 4. The van der Waals surface area contributed by atoms with E-state index in [9.17, 15) is 5.11 Å². The van der Waals surface area contributed by atoms with Gasteiger partial charge in [-0.05, 0) is 19.3 Å². The molecule has 0 aromatic carbocycles. The molecule has 30 heavy (non-hydrogen) atoms. The van der Waals surface area contributed by atoms with E-state index < -0.39 is 6.10 Å². The van der Waals surface area contributed by atoms with E-state index in [1.807, 2.05) is 0 Å². The lowest BCUT2D eigenvalue weighted by atomic mass is 10.1. The topological polar surface area (TPSA) is 32.7 Å². The monoisotopic (exact) mass is 463 g/mol. The highest BCUT2D eigenvalue weighted by Gasteiger charge is 2.12. The molecule has 1 atom stereocenters. The summed E-state index contributed by atoms with van der Waals surface area (Å²) in [5, 5.41) is 10.2. The highest BCUT2D eigenvalue weighted by Crippen LogP contribution is 2.14. The maximum absolute atomic E-state index is 10.2. The van der Waals surface area contributed by atoms with E-state index in [0.29, 0.717) is 12.4 Å². The molecule has 0 amide bonds. The smallest absolute Gasteiger partial charge is 0.136 e. The predicted octanol–water partition coefficient (Wildman–Crippen LogP) is 7.84. The summed E-state index contributed by atoms with van der Waals surface area (Å²) >= 11 is 7.20. The van der Waals surface area contributed by atoms with Crippen molar-refractivity contribution in [3.05, 3.63) is 0 Å². The van der Waals surface area contributed by atoms with Gasteiger partial charge in [0.2, 0.25) is 0 Å². The van der Waals surface area contributed by atoms with Crippen molar-refractivity contribution < 1.29 is 9.84 Å². The summed E-state index contributed by atoms with van der Waals surface area (Å²) in [6.07, 6.45) is 17.6. The molecule has 0 heterocycles. The maximum Gasteiger partial charge on any atom is 0.136 e. The lowest BCUT2D eigenvalue weighted by Gasteiger charge is -2.25. The molecule has 0 saturated carbocycles. The molecule has 0 aliphatic heterocycles. The van der Waals surface area contributed by atoms with Crippen molar-refractivity contribution in [2.75, 3.05) is 32.1 Å². The van der Waals surface area contributed by atoms with Crippen LogP contribution in [0.4, 0.5) is 0 Å². The van der Waals surface area contributed by atoms with Gasteiger partial charge in [-0.1, -0.05) is 123 Å². The molecule has 0 bridgehead atoms. The molecule has 0 spiro atoms. The lowest BCUT2D eigenvalue weighted by Crippen LogP contribution is -2.31. The lowest BCUT2D eigenvalue weighted by molar-refractivity contribution is 0.0468. The summed E-state index contributed by atoms with van der Waals surface area (Å²) in [7, 11) is 0. The van der Waals surface area contributed by atoms with Gasteiger partial charge in [-0.25, -0.2) is 0 Å². The number of aliphatic hydroxyl groups is 1. The van der Waals surface area contributed by atoms with E-state index in [0.717, 1.165) is 30.4 Å². The molecule has 3 nitrogen and oxygen atoms in total. The predicted molar refractivity (Wildman–Crippen MR) is 142 cm³/mol. The van der Waals surface area contributed by atoms with Crippen molar-refractivity contribution in [2.24, 2.45) is 0 Å². The van der Waals surface area contributed by atoms with Gasteiger partial charge in [0.1, 0.15) is 4.32 Å². The molecule has 182 valence electrons. The van der Waals surface area contributed by atoms with Gasteiger partial charge in [-0.15, -0.1) is 0 Å². The first kappa shape index (κ1) is 32.3. The van der Waals surface area contributed by atoms with E-state index >= 15 is 0 Å². The number of rotatable bonds is 21. The Kier molecular flexibility index (Phi) is 27.4. The van der Waals surface area contributed by atoms with E-state index in [1.165, 1.54) is 83.5 Å². The van der Waals surface area contributed by atoms with Gasteiger partial charge in [0.25, 0.3) is 0 Å². The number of thioether (sulfide) groups is 1. The SMILES string of the molecule is C.CCCCCCCCCCCCOCC(O)CSC(=S)N(CCCC)CCCC. The molecule has 0 aliphatic carbocycles. The van der Waals surface area contributed by atoms with E-state index in [-0.39, 0.29) is 7.43 Å². The van der Waals surface area contributed by atoms with Crippen LogP contribution in [-0.4, -0.2) is 52.5 Å². The summed E-state index contributed by atoms with van der Waals surface area (Å²) in [6, 6.07) is 0. The van der Waals surface area contributed by atoms with Crippen LogP contribution in [0.5, 0.6) is 0 Å². The molecule has 1 unspecified atom stereocenters. The fourth-order valence-electron chi connectivity index (χ4n) is 3.21. The minimum absolute atomic E-state index is 0. The summed E-state index contributed by atoms with van der Waals surface area (Å²) in [5.74, 6) is 0.631. The molecule has 0 aromatic heterocycles. The van der Waals surface area contributed by atoms with Crippen molar-refractivity contribution in [1.82, 2.24) is 4.90 Å². The molecule has 1 N–H and O–H groups in total. The van der Waals surface area contributed by atoms with Crippen molar-refractivity contribution in [3.63, 3.8) is 0 Å². The quantitative estimate of drug-likeness (QED) is 0.138. The second kappa shape index (κ2) is 25.4. The highest BCUT2D eigenvalue weighted by atomic mass is 32.2. The first-order chi connectivity index (χ1) is 14.2. The fraction of sp³-hybridized carbons (Fsp3) is 0.960. The Morgan fingerprint density at radius 3 is 1.77 bits per heavy atom. The van der Waals surface area contributed by atoms with E-state index in [2.05, 4.69) is 25.7 Å². The first-order valence-corrected chi connectivity index (χ1v) is 13.7. The normalized spacial score (nSPS) is 11.9. The van der Waals surface area contributed by atoms with Crippen LogP contribution in [0.15, 0.2) is 0 Å². The van der Waals surface area contributed by atoms with Crippen molar-refractivity contribution in [2.45, 2.75) is 124 Å². The van der Waals surface area contributed by atoms with Gasteiger partial charge in [0.05, 0.1) is 12.7 Å². The molecular weight excluding hydrogens is 410 g/mol. The summed E-state index contributed by atoms with van der Waals surface area (Å²) in [4.78, 5) is 2.31. The Morgan fingerprint density at radius 1 is 0.800 bits per heavy atom. The molecular formula is C25H53NO2S2. The fourth-order valence-corrected chi connectivity index (χ4v) is 4.39. The van der Waals surface area contributed by atoms with Crippen molar-refractivity contribution in [1.29, 1.82) is 0 Å². The standard InChI is InChI=1S/C24H49NO2S2.CH4/c1-4-7-10-11-12-13-14-15-16-17-20-27-21-23(26)22-29-24(28)25(18-8-5-2)19-9-6-3;/h23,26H,4-22H2,1-3H3;1H4. The van der Waals surface area contributed by atoms with Gasteiger partial charge >= 0.3 is 0 Å². The number of thiocarbonyl (C=S) groups is 1. The Labute approximate surface area is 199 Å². The minimum atomic E-state index is -0.430. The molecule has 0 aromatic rings. The van der Waals surface area contributed by atoms with E-state index in [4.69, 9.17) is 17.0 Å². The van der Waals surface area contributed by atoms with Gasteiger partial charge in [-0.2, -0.15) is 0 Å². The third-order valence-electron chi connectivity index (χ3n) is 5.17. The van der Waals surface area contributed by atoms with Gasteiger partial charge in [0.15, 0.2) is 0 Å². The van der Waals surface area contributed by atoms with Crippen LogP contribution in [0.1, 0.15) is 118 Å². The number of aliphatic hydroxyl groups excluding tert-OH is 1. The number of ether oxygens (including phenoxy) is 1. The third kappa shape index (κ3) is 21.4. The van der Waals surface area contributed by atoms with Gasteiger partial charge in [0, 0.05) is 25.4 Å². The van der Waals surface area contributed by atoms with Crippen LogP contribution in [0.2, 0.25) is 0 Å². The van der Waals surface area contributed by atoms with Crippen LogP contribution < -0.4 is 0 Å². The van der Waals surface area contributed by atoms with Crippen molar-refractivity contribution in [3.8, 4) is 0 Å². The highest BCUT2D eigenvalue weighted by molar-refractivity contribution is 8.22. The van der Waals surface area contributed by atoms with Crippen LogP contribution in [0.3, 0.4) is 0 Å². The van der Waals surface area contributed by atoms with Crippen molar-refractivity contribution >= 4 is 28.3 Å². The number of nitrogens with zero attached hydrogens (tertiary/aromatic N) is 1. The maximum atomic E-state index is 10.2. The molecule has 0 aliphatic rings. The zero-order valence-electron chi connectivity index (χ0n) is 19.6. The second-order valence-electron chi connectivity index (χ2n) is 8.18. The van der Waals surface area contributed by atoms with Crippen LogP contribution in [0.25, 0.3) is 0 Å². The van der Waals surface area contributed by atoms with Crippen LogP contribution >= 0.6 is 24.0 Å². The number of unbranched alkanes of at least 4 members (excludes halogenated alkanes) is 11. The Morgan fingerprint density at radius 2 is 1.27 bits per heavy atom. The Bertz CT molecular complexity index is 348. The summed E-state index contributed by atoms with van der Waals surface area (Å²) in [6.45, 7) is 9.96. The Balaban J connectivity index is 0. The van der Waals surface area contributed by atoms with Gasteiger partial charge in [-0.3, -0.25) is 0 Å². The van der Waals surface area contributed by atoms with E-state index in [1.54, 1.807) is 11.8 Å². The average Bonchev–Trinajstić information content (AvgIpc) is 2.73. The molecule has 0 rings (SSSR count). The molecule has 0 saturated heterocycles. The van der Waals surface area contributed by atoms with Crippen LogP contribution in [-0.2, 0) is 4.74 Å². The summed E-state index contributed by atoms with van der Waals surface area (Å²) < 4.78 is 6.60. The molecule has 0 radical (unpaired) electrons. The van der Waals surface area contributed by atoms with Crippen LogP contribution in [0, 0.1) is 0 Å². The zero-order chi connectivity index (χ0) is 21.6. The Hall–Kier alpha value is 0.160. The zero-order valence-corrected chi connectivity index (χ0v) is 21.3. The first-order valence-electron chi connectivity index (χ1n) is 12.3. The second-order valence-corrected chi connectivity index (χ2v) is 9.84. The average molecular weight is 464 g/mol. The molecule has 0 fully saturated rings. The third-order valence-corrected chi connectivity index (χ3v) is 6.84. The minimum Gasteiger partial charge on any atom is -0.390 e. The molecule has 5 heteroatoms. The number of hydrogen-bond donors (Lipinski definition) is 1. The summed E-state index contributed by atoms with van der Waals surface area (Å²) in [5.41, 5.74) is 0. The largest absolute Gasteiger partial charge is 0.390 e. The van der Waals surface area contributed by atoms with Gasteiger partial charge < -0.3 is 14.7 Å².